The normalized spacial score (nSPS) is 10.9. The topological polar surface area (TPSA) is 107 Å². The van der Waals surface area contributed by atoms with Crippen LogP contribution in [0.2, 0.25) is 5.15 Å². The summed E-state index contributed by atoms with van der Waals surface area (Å²) in [5, 5.41) is 15.5. The van der Waals surface area contributed by atoms with Crippen molar-refractivity contribution in [3.8, 4) is 5.75 Å². The molecule has 0 unspecified atom stereocenters. The summed E-state index contributed by atoms with van der Waals surface area (Å²) in [5.41, 5.74) is 3.70. The zero-order valence-corrected chi connectivity index (χ0v) is 14.8. The highest BCUT2D eigenvalue weighted by molar-refractivity contribution is 6.32. The Morgan fingerprint density at radius 2 is 2.00 bits per heavy atom. The number of rotatable bonds is 5. The van der Waals surface area contributed by atoms with Crippen LogP contribution in [0, 0.1) is 10.1 Å². The lowest BCUT2D eigenvalue weighted by Crippen LogP contribution is -2.17. The second kappa shape index (κ2) is 7.79. The summed E-state index contributed by atoms with van der Waals surface area (Å²) in [6, 6.07) is 12.3. The third kappa shape index (κ3) is 4.18. The lowest BCUT2D eigenvalue weighted by Gasteiger charge is -2.05. The number of methoxy groups -OCH3 is 1. The molecule has 1 aromatic heterocycles. The van der Waals surface area contributed by atoms with Gasteiger partial charge in [0.1, 0.15) is 10.9 Å². The van der Waals surface area contributed by atoms with Crippen LogP contribution < -0.4 is 10.2 Å². The first kappa shape index (κ1) is 18.3. The third-order valence-electron chi connectivity index (χ3n) is 3.71. The highest BCUT2D eigenvalue weighted by atomic mass is 35.5. The number of pyridine rings is 1. The number of nitrogens with zero attached hydrogens (tertiary/aromatic N) is 3. The average Bonchev–Trinajstić information content (AvgIpc) is 2.68. The molecule has 0 aliphatic heterocycles. The number of aromatic nitrogens is 1. The van der Waals surface area contributed by atoms with Crippen LogP contribution in [0.1, 0.15) is 15.9 Å². The summed E-state index contributed by atoms with van der Waals surface area (Å²) in [4.78, 5) is 26.4. The highest BCUT2D eigenvalue weighted by Gasteiger charge is 2.09. The van der Waals surface area contributed by atoms with Crippen molar-refractivity contribution in [2.75, 3.05) is 7.11 Å². The lowest BCUT2D eigenvalue weighted by molar-refractivity contribution is -0.384. The number of carbonyl (C=O) groups is 1. The van der Waals surface area contributed by atoms with Crippen LogP contribution in [0.4, 0.5) is 5.69 Å². The first-order valence-electron chi connectivity index (χ1n) is 7.70. The van der Waals surface area contributed by atoms with Gasteiger partial charge >= 0.3 is 0 Å². The quantitative estimate of drug-likeness (QED) is 0.313. The number of hydrazone groups is 1. The molecule has 0 bridgehead atoms. The van der Waals surface area contributed by atoms with Crippen molar-refractivity contribution < 1.29 is 14.5 Å². The van der Waals surface area contributed by atoms with E-state index < -0.39 is 10.8 Å². The molecule has 0 radical (unpaired) electrons. The molecule has 1 heterocycles. The predicted molar refractivity (Wildman–Crippen MR) is 101 cm³/mol. The van der Waals surface area contributed by atoms with Crippen molar-refractivity contribution in [1.29, 1.82) is 0 Å². The number of amides is 1. The minimum atomic E-state index is -0.538. The van der Waals surface area contributed by atoms with Gasteiger partial charge in [-0.25, -0.2) is 10.4 Å². The van der Waals surface area contributed by atoms with Crippen LogP contribution >= 0.6 is 11.6 Å². The van der Waals surface area contributed by atoms with Gasteiger partial charge in [0.15, 0.2) is 0 Å². The summed E-state index contributed by atoms with van der Waals surface area (Å²) < 4.78 is 5.18. The maximum atomic E-state index is 12.0. The van der Waals surface area contributed by atoms with E-state index in [1.807, 2.05) is 6.07 Å². The van der Waals surface area contributed by atoms with E-state index in [9.17, 15) is 14.9 Å². The van der Waals surface area contributed by atoms with Gasteiger partial charge in [-0.3, -0.25) is 14.9 Å². The number of halogens is 1. The molecule has 0 aliphatic rings. The summed E-state index contributed by atoms with van der Waals surface area (Å²) in [6.07, 6.45) is 1.37. The number of nitro groups is 1. The molecule has 0 fully saturated rings. The van der Waals surface area contributed by atoms with Crippen LogP contribution in [-0.4, -0.2) is 29.1 Å². The van der Waals surface area contributed by atoms with Gasteiger partial charge in [0, 0.05) is 28.6 Å². The van der Waals surface area contributed by atoms with E-state index in [4.69, 9.17) is 16.3 Å². The molecule has 2 aromatic carbocycles. The zero-order valence-electron chi connectivity index (χ0n) is 14.0. The van der Waals surface area contributed by atoms with E-state index >= 15 is 0 Å². The van der Waals surface area contributed by atoms with Crippen LogP contribution in [0.25, 0.3) is 10.9 Å². The van der Waals surface area contributed by atoms with Crippen molar-refractivity contribution in [3.05, 3.63) is 74.9 Å². The number of nitrogens with one attached hydrogen (secondary N) is 1. The van der Waals surface area contributed by atoms with Gasteiger partial charge in [-0.05, 0) is 36.4 Å². The van der Waals surface area contributed by atoms with Crippen LogP contribution in [0.15, 0.2) is 53.6 Å². The fourth-order valence-electron chi connectivity index (χ4n) is 2.32. The molecular formula is C18H13ClN4O4. The molecule has 1 amide bonds. The molecule has 3 rings (SSSR count). The number of hydrogen-bond donors (Lipinski definition) is 1. The molecule has 1 N–H and O–H groups in total. The van der Waals surface area contributed by atoms with Crippen molar-refractivity contribution >= 4 is 40.3 Å². The molecule has 136 valence electrons. The van der Waals surface area contributed by atoms with Crippen LogP contribution in [-0.2, 0) is 0 Å². The Hall–Kier alpha value is -3.52. The number of non-ortho nitro benzene ring substituents is 1. The number of benzene rings is 2. The summed E-state index contributed by atoms with van der Waals surface area (Å²) in [5.74, 6) is 0.175. The average molecular weight is 385 g/mol. The van der Waals surface area contributed by atoms with Gasteiger partial charge in [-0.1, -0.05) is 11.6 Å². The van der Waals surface area contributed by atoms with Crippen molar-refractivity contribution in [2.24, 2.45) is 5.10 Å². The molecule has 0 atom stereocenters. The first-order chi connectivity index (χ1) is 13.0. The van der Waals surface area contributed by atoms with Gasteiger partial charge in [0.2, 0.25) is 0 Å². The van der Waals surface area contributed by atoms with Crippen molar-refractivity contribution in [1.82, 2.24) is 10.4 Å². The zero-order chi connectivity index (χ0) is 19.4. The number of nitro benzene ring substituents is 1. The van der Waals surface area contributed by atoms with E-state index in [1.165, 1.54) is 30.5 Å². The van der Waals surface area contributed by atoms with E-state index in [0.29, 0.717) is 16.8 Å². The fraction of sp³-hybridized carbons (Fsp3) is 0.0556. The van der Waals surface area contributed by atoms with Gasteiger partial charge in [0.05, 0.1) is 23.8 Å². The molecule has 0 aliphatic carbocycles. The van der Waals surface area contributed by atoms with Gasteiger partial charge in [0.25, 0.3) is 11.6 Å². The maximum absolute atomic E-state index is 12.0. The molecule has 9 heteroatoms. The van der Waals surface area contributed by atoms with E-state index in [0.717, 1.165) is 5.39 Å². The SMILES string of the molecule is COc1ccc2nc(Cl)c(/C=N\NC(=O)c3ccc([N+](=O)[O-])cc3)cc2c1. The minimum Gasteiger partial charge on any atom is -0.497 e. The van der Waals surface area contributed by atoms with E-state index in [-0.39, 0.29) is 16.4 Å². The maximum Gasteiger partial charge on any atom is 0.271 e. The van der Waals surface area contributed by atoms with Crippen LogP contribution in [0.5, 0.6) is 5.75 Å². The summed E-state index contributed by atoms with van der Waals surface area (Å²) in [7, 11) is 1.57. The van der Waals surface area contributed by atoms with Gasteiger partial charge in [-0.15, -0.1) is 0 Å². The largest absolute Gasteiger partial charge is 0.497 e. The molecule has 3 aromatic rings. The number of carbonyl (C=O) groups excluding carboxylic acids is 1. The van der Waals surface area contributed by atoms with Gasteiger partial charge < -0.3 is 4.74 Å². The molecule has 27 heavy (non-hydrogen) atoms. The Kier molecular flexibility index (Phi) is 5.28. The number of hydrogen-bond acceptors (Lipinski definition) is 6. The second-order valence-electron chi connectivity index (χ2n) is 5.43. The van der Waals surface area contributed by atoms with E-state index in [2.05, 4.69) is 15.5 Å². The van der Waals surface area contributed by atoms with E-state index in [1.54, 1.807) is 25.3 Å². The summed E-state index contributed by atoms with van der Waals surface area (Å²) >= 11 is 6.15. The monoisotopic (exact) mass is 384 g/mol. The third-order valence-corrected chi connectivity index (χ3v) is 4.02. The fourth-order valence-corrected chi connectivity index (χ4v) is 2.52. The van der Waals surface area contributed by atoms with Crippen molar-refractivity contribution in [3.63, 3.8) is 0 Å². The molecule has 8 nitrogen and oxygen atoms in total. The first-order valence-corrected chi connectivity index (χ1v) is 8.08. The number of fused-ring (bicyclic) bond motifs is 1. The Morgan fingerprint density at radius 3 is 2.67 bits per heavy atom. The van der Waals surface area contributed by atoms with Crippen molar-refractivity contribution in [2.45, 2.75) is 0 Å². The molecule has 0 saturated carbocycles. The predicted octanol–water partition coefficient (Wildman–Crippen LogP) is 3.57. The lowest BCUT2D eigenvalue weighted by atomic mass is 10.1. The van der Waals surface area contributed by atoms with Gasteiger partial charge in [-0.2, -0.15) is 5.10 Å². The number of ether oxygens (including phenoxy) is 1. The molecule has 0 saturated heterocycles. The molecular weight excluding hydrogens is 372 g/mol. The minimum absolute atomic E-state index is 0.0977. The Morgan fingerprint density at radius 1 is 1.26 bits per heavy atom. The highest BCUT2D eigenvalue weighted by Crippen LogP contribution is 2.23. The Bertz CT molecular complexity index is 1050. The Balaban J connectivity index is 1.76. The summed E-state index contributed by atoms with van der Waals surface area (Å²) in [6.45, 7) is 0. The second-order valence-corrected chi connectivity index (χ2v) is 5.79. The Labute approximate surface area is 158 Å². The standard InChI is InChI=1S/C18H13ClN4O4/c1-27-15-6-7-16-12(9-15)8-13(17(19)21-16)10-20-22-18(24)11-2-4-14(5-3-11)23(25)26/h2-10H,1H3,(H,22,24)/b20-10-. The smallest absolute Gasteiger partial charge is 0.271 e. The molecule has 0 spiro atoms. The van der Waals surface area contributed by atoms with Crippen LogP contribution in [0.3, 0.4) is 0 Å².